The van der Waals surface area contributed by atoms with Crippen molar-refractivity contribution in [3.8, 4) is 17.3 Å². The number of carbonyl (C=O) groups is 1. The van der Waals surface area contributed by atoms with Crippen molar-refractivity contribution in [1.82, 2.24) is 19.1 Å². The minimum atomic E-state index is -5.08. The summed E-state index contributed by atoms with van der Waals surface area (Å²) in [5.41, 5.74) is 3.94. The maximum atomic E-state index is 13.3. The van der Waals surface area contributed by atoms with Crippen molar-refractivity contribution in [1.29, 1.82) is 5.26 Å². The van der Waals surface area contributed by atoms with Gasteiger partial charge < -0.3 is 15.6 Å². The van der Waals surface area contributed by atoms with E-state index >= 15 is 0 Å². The van der Waals surface area contributed by atoms with Crippen LogP contribution in [0.25, 0.3) is 16.9 Å². The normalized spacial score (nSPS) is 22.2. The second-order valence-corrected chi connectivity index (χ2v) is 10.9. The Kier molecular flexibility index (Phi) is 6.76. The van der Waals surface area contributed by atoms with E-state index in [1.165, 1.54) is 18.3 Å². The monoisotopic (exact) mass is 592 g/mol. The lowest BCUT2D eigenvalue weighted by atomic mass is 9.70. The molecule has 4 heterocycles. The molecule has 0 atom stereocenters. The van der Waals surface area contributed by atoms with Gasteiger partial charge in [-0.2, -0.15) is 31.6 Å². The number of nitrogens with one attached hydrogen (secondary N) is 1. The van der Waals surface area contributed by atoms with Gasteiger partial charge in [-0.05, 0) is 24.6 Å². The second-order valence-electron chi connectivity index (χ2n) is 9.26. The summed E-state index contributed by atoms with van der Waals surface area (Å²) in [4.78, 5) is 16.3. The predicted octanol–water partition coefficient (Wildman–Crippen LogP) is 3.04. The molecule has 0 unspecified atom stereocenters. The summed E-state index contributed by atoms with van der Waals surface area (Å²) in [5.74, 6) is -3.15. The van der Waals surface area contributed by atoms with E-state index in [1.54, 1.807) is 13.0 Å². The Bertz CT molecular complexity index is 1660. The van der Waals surface area contributed by atoms with Gasteiger partial charge in [-0.25, -0.2) is 27.9 Å². The number of rotatable bonds is 4. The molecule has 2 aliphatic heterocycles. The third-order valence-electron chi connectivity index (χ3n) is 6.27. The smallest absolute Gasteiger partial charge is 0.475 e. The second kappa shape index (κ2) is 9.31. The first kappa shape index (κ1) is 29.0. The Morgan fingerprint density at radius 1 is 1.25 bits per heavy atom. The molecule has 0 spiro atoms. The van der Waals surface area contributed by atoms with E-state index in [0.717, 1.165) is 10.6 Å². The minimum Gasteiger partial charge on any atom is -0.475 e. The van der Waals surface area contributed by atoms with Gasteiger partial charge in [0.1, 0.15) is 0 Å². The van der Waals surface area contributed by atoms with E-state index in [1.807, 2.05) is 0 Å². The lowest BCUT2D eigenvalue weighted by Crippen LogP contribution is -2.59. The third-order valence-corrected chi connectivity index (χ3v) is 7.85. The molecule has 18 heteroatoms. The molecule has 3 aliphatic rings. The minimum absolute atomic E-state index is 0.0214. The van der Waals surface area contributed by atoms with Gasteiger partial charge in [0.05, 0.1) is 35.0 Å². The summed E-state index contributed by atoms with van der Waals surface area (Å²) in [5, 5.41) is 16.3. The number of imidazole rings is 1. The van der Waals surface area contributed by atoms with E-state index in [-0.39, 0.29) is 35.7 Å². The SMILES string of the molecule is Cc1ccc(S(=O)(=O)NC23COC(C#N)(C2)C3)cc1-c1cnc2c(N)nc(C(F)(F)F)cn12.O=C(O)C(F)(F)F. The lowest BCUT2D eigenvalue weighted by Gasteiger charge is -2.40. The molecule has 214 valence electrons. The quantitative estimate of drug-likeness (QED) is 0.385. The number of nitrogens with two attached hydrogens (primary N) is 1. The van der Waals surface area contributed by atoms with E-state index in [4.69, 9.17) is 20.4 Å². The molecule has 3 aromatic rings. The molecule has 2 saturated heterocycles. The molecule has 4 N–H and O–H groups in total. The molecular formula is C22H18F6N6O5S. The fourth-order valence-electron chi connectivity index (χ4n) is 4.47. The summed E-state index contributed by atoms with van der Waals surface area (Å²) in [7, 11) is -4.01. The Labute approximate surface area is 221 Å². The number of carboxylic acid groups (broad SMARTS) is 1. The first-order valence-electron chi connectivity index (χ1n) is 11.0. The van der Waals surface area contributed by atoms with Gasteiger partial charge in [0.2, 0.25) is 10.0 Å². The summed E-state index contributed by atoms with van der Waals surface area (Å²) in [6.45, 7) is 1.79. The Balaban J connectivity index is 0.000000470. The average Bonchev–Trinajstić information content (AvgIpc) is 3.50. The fraction of sp³-hybridized carbons (Fsp3) is 0.364. The van der Waals surface area contributed by atoms with Gasteiger partial charge in [-0.1, -0.05) is 6.07 Å². The van der Waals surface area contributed by atoms with Gasteiger partial charge in [-0.3, -0.25) is 4.40 Å². The van der Waals surface area contributed by atoms with Crippen molar-refractivity contribution in [2.24, 2.45) is 0 Å². The van der Waals surface area contributed by atoms with Gasteiger partial charge in [-0.15, -0.1) is 0 Å². The zero-order valence-corrected chi connectivity index (χ0v) is 20.9. The number of nitriles is 1. The number of alkyl halides is 6. The van der Waals surface area contributed by atoms with E-state index in [0.29, 0.717) is 11.1 Å². The van der Waals surface area contributed by atoms with Crippen molar-refractivity contribution in [3.63, 3.8) is 0 Å². The van der Waals surface area contributed by atoms with E-state index in [2.05, 4.69) is 20.8 Å². The van der Waals surface area contributed by atoms with Gasteiger partial charge >= 0.3 is 18.3 Å². The molecule has 11 nitrogen and oxygen atoms in total. The molecular weight excluding hydrogens is 574 g/mol. The zero-order chi connectivity index (χ0) is 29.9. The number of aromatic nitrogens is 3. The van der Waals surface area contributed by atoms with Gasteiger partial charge in [0.25, 0.3) is 0 Å². The number of nitrogen functional groups attached to an aromatic ring is 1. The van der Waals surface area contributed by atoms with Gasteiger partial charge in [0.15, 0.2) is 22.8 Å². The fourth-order valence-corrected chi connectivity index (χ4v) is 5.88. The van der Waals surface area contributed by atoms with Crippen LogP contribution in [0.1, 0.15) is 24.1 Å². The first-order chi connectivity index (χ1) is 18.3. The van der Waals surface area contributed by atoms with Crippen LogP contribution in [0.4, 0.5) is 32.2 Å². The molecule has 3 fully saturated rings. The summed E-state index contributed by atoms with van der Waals surface area (Å²) >= 11 is 0. The van der Waals surface area contributed by atoms with Crippen LogP contribution < -0.4 is 10.5 Å². The van der Waals surface area contributed by atoms with Crippen LogP contribution >= 0.6 is 0 Å². The van der Waals surface area contributed by atoms with Crippen molar-refractivity contribution >= 4 is 27.5 Å². The number of aliphatic carboxylic acids is 1. The Morgan fingerprint density at radius 3 is 2.40 bits per heavy atom. The average molecular weight is 592 g/mol. The summed E-state index contributed by atoms with van der Waals surface area (Å²) in [6.07, 6.45) is -7.20. The van der Waals surface area contributed by atoms with Crippen LogP contribution in [-0.4, -0.2) is 57.8 Å². The highest BCUT2D eigenvalue weighted by atomic mass is 32.2. The summed E-state index contributed by atoms with van der Waals surface area (Å²) < 4.78 is 107. The number of ether oxygens (including phenoxy) is 1. The van der Waals surface area contributed by atoms with Crippen molar-refractivity contribution in [3.05, 3.63) is 41.9 Å². The van der Waals surface area contributed by atoms with E-state index < -0.39 is 51.0 Å². The number of aryl methyl sites for hydroxylation is 1. The molecule has 2 bridgehead atoms. The summed E-state index contributed by atoms with van der Waals surface area (Å²) in [6, 6.07) is 6.40. The molecule has 6 rings (SSSR count). The number of benzene rings is 1. The first-order valence-corrected chi connectivity index (χ1v) is 12.5. The van der Waals surface area contributed by atoms with Crippen LogP contribution in [0, 0.1) is 18.3 Å². The standard InChI is InChI=1S/C20H17F3N6O3S.C2HF3O2/c1-11-2-3-12(33(30,31)28-18-7-19(8-18,9-24)32-10-18)4-13(11)14-5-26-17-16(25)27-15(6-29(14)17)20(21,22)23;3-2(4,5)1(6)7/h2-6,28H,7-8,10H2,1H3,(H2,25,27);(H,6,7). The van der Waals surface area contributed by atoms with Crippen LogP contribution in [0.15, 0.2) is 35.5 Å². The predicted molar refractivity (Wildman–Crippen MR) is 123 cm³/mol. The number of hydrogen-bond donors (Lipinski definition) is 3. The highest BCUT2D eigenvalue weighted by molar-refractivity contribution is 7.89. The van der Waals surface area contributed by atoms with Crippen LogP contribution in [0.2, 0.25) is 0 Å². The maximum absolute atomic E-state index is 13.3. The van der Waals surface area contributed by atoms with Crippen molar-refractivity contribution in [2.45, 2.75) is 48.2 Å². The Morgan fingerprint density at radius 2 is 1.88 bits per heavy atom. The van der Waals surface area contributed by atoms with E-state index in [9.17, 15) is 40.0 Å². The molecule has 1 saturated carbocycles. The van der Waals surface area contributed by atoms with Crippen molar-refractivity contribution < 1.29 is 49.4 Å². The van der Waals surface area contributed by atoms with Crippen LogP contribution in [0.5, 0.6) is 0 Å². The van der Waals surface area contributed by atoms with Crippen LogP contribution in [-0.2, 0) is 25.7 Å². The number of sulfonamides is 1. The number of fused-ring (bicyclic) bond motifs is 2. The number of carboxylic acids is 1. The third kappa shape index (κ3) is 5.26. The zero-order valence-electron chi connectivity index (χ0n) is 20.1. The number of hydrogen-bond acceptors (Lipinski definition) is 8. The number of anilines is 1. The molecule has 0 radical (unpaired) electrons. The molecule has 0 amide bonds. The Hall–Kier alpha value is -3.95. The van der Waals surface area contributed by atoms with Gasteiger partial charge in [0, 0.05) is 24.6 Å². The maximum Gasteiger partial charge on any atom is 0.490 e. The highest BCUT2D eigenvalue weighted by Crippen LogP contribution is 2.51. The van der Waals surface area contributed by atoms with Crippen molar-refractivity contribution in [2.75, 3.05) is 12.3 Å². The molecule has 1 aromatic carbocycles. The molecule has 40 heavy (non-hydrogen) atoms. The molecule has 1 aliphatic carbocycles. The lowest BCUT2D eigenvalue weighted by molar-refractivity contribution is -0.192. The van der Waals surface area contributed by atoms with Crippen LogP contribution in [0.3, 0.4) is 0 Å². The largest absolute Gasteiger partial charge is 0.490 e. The number of halogens is 6. The topological polar surface area (TPSA) is 173 Å². The highest BCUT2D eigenvalue weighted by Gasteiger charge is 2.64. The molecule has 2 aromatic heterocycles. The number of nitrogens with zero attached hydrogens (tertiary/aromatic N) is 4.